The lowest BCUT2D eigenvalue weighted by Crippen LogP contribution is -2.58. The number of hydrogen-bond donors (Lipinski definition) is 2. The number of hydrogen-bond acceptors (Lipinski definition) is 6. The molecule has 230 valence electrons. The van der Waals surface area contributed by atoms with Crippen LogP contribution in [-0.4, -0.2) is 60.4 Å². The zero-order chi connectivity index (χ0) is 32.4. The minimum absolute atomic E-state index is 0.303. The highest BCUT2D eigenvalue weighted by Crippen LogP contribution is 2.36. The van der Waals surface area contributed by atoms with Gasteiger partial charge in [0.1, 0.15) is 0 Å². The minimum Gasteiger partial charge on any atom is -0.382 e. The number of alkyl halides is 6. The molecule has 4 atom stereocenters. The van der Waals surface area contributed by atoms with Crippen molar-refractivity contribution in [2.24, 2.45) is 0 Å². The normalized spacial score (nSPS) is 17.0. The lowest BCUT2D eigenvalue weighted by Gasteiger charge is -2.45. The van der Waals surface area contributed by atoms with Crippen LogP contribution in [0, 0.1) is 22.7 Å². The Kier molecular flexibility index (Phi) is 9.28. The smallest absolute Gasteiger partial charge is 0.382 e. The maximum atomic E-state index is 12.6. The Labute approximate surface area is 249 Å². The van der Waals surface area contributed by atoms with Crippen LogP contribution in [0.15, 0.2) is 72.8 Å². The highest BCUT2D eigenvalue weighted by atomic mass is 19.4. The second-order valence-corrected chi connectivity index (χ2v) is 10.5. The molecule has 0 radical (unpaired) electrons. The molecule has 4 aromatic carbocycles. The van der Waals surface area contributed by atoms with Crippen molar-refractivity contribution in [2.75, 3.05) is 23.4 Å². The molecule has 1 aliphatic heterocycles. The van der Waals surface area contributed by atoms with E-state index in [0.29, 0.717) is 35.5 Å². The molecule has 2 N–H and O–H groups in total. The van der Waals surface area contributed by atoms with E-state index in [-0.39, 0.29) is 0 Å². The first-order chi connectivity index (χ1) is 20.7. The van der Waals surface area contributed by atoms with Crippen LogP contribution in [0.4, 0.5) is 37.7 Å². The van der Waals surface area contributed by atoms with Crippen molar-refractivity contribution in [3.05, 3.63) is 83.9 Å². The molecular weight excluding hydrogens is 586 g/mol. The number of fused-ring (bicyclic) bond motifs is 2. The zero-order valence-corrected chi connectivity index (χ0v) is 23.6. The molecule has 6 nitrogen and oxygen atoms in total. The monoisotopic (exact) mass is 614 g/mol. The van der Waals surface area contributed by atoms with Crippen molar-refractivity contribution in [3.8, 4) is 12.1 Å². The van der Waals surface area contributed by atoms with Crippen molar-refractivity contribution in [1.82, 2.24) is 0 Å². The topological polar surface area (TPSA) is 94.5 Å². The Morgan fingerprint density at radius 3 is 1.84 bits per heavy atom. The summed E-state index contributed by atoms with van der Waals surface area (Å²) in [7, 11) is 1.49. The van der Waals surface area contributed by atoms with Crippen LogP contribution in [0.2, 0.25) is 0 Å². The first-order valence-corrected chi connectivity index (χ1v) is 13.5. The summed E-state index contributed by atoms with van der Waals surface area (Å²) in [6, 6.07) is 22.8. The lowest BCUT2D eigenvalue weighted by atomic mass is 9.94. The number of aliphatic hydroxyl groups is 2. The first kappa shape index (κ1) is 32.4. The van der Waals surface area contributed by atoms with Gasteiger partial charge in [-0.1, -0.05) is 36.4 Å². The second-order valence-electron chi connectivity index (χ2n) is 10.5. The number of benzene rings is 4. The predicted octanol–water partition coefficient (Wildman–Crippen LogP) is 6.67. The summed E-state index contributed by atoms with van der Waals surface area (Å²) in [6.45, 7) is 1.79. The largest absolute Gasteiger partial charge is 0.416 e. The van der Waals surface area contributed by atoms with Gasteiger partial charge in [-0.05, 0) is 71.3 Å². The van der Waals surface area contributed by atoms with Crippen LogP contribution in [0.25, 0.3) is 21.5 Å². The molecule has 0 aliphatic carbocycles. The first-order valence-electron chi connectivity index (χ1n) is 13.5. The standard InChI is InChI=1S/C16H13F3N2O.C16H15F3N2O/c17-16(18,19)15(22)14-6-7-21(14)12-4-5-13-10(8-12)2-1-3-11(13)9-20;1-10(15(22)16(17,18)19)21(2)13-6-7-14-11(8-13)4-3-5-12(14)9-20/h1-5,8,14-15,22H,6-7H2;3-8,10,15,22H,1-2H3/t14?,15-;10-,15-/m01/s1. The van der Waals surface area contributed by atoms with Crippen molar-refractivity contribution in [2.45, 2.75) is 50.0 Å². The fourth-order valence-corrected chi connectivity index (χ4v) is 5.13. The molecule has 44 heavy (non-hydrogen) atoms. The Bertz CT molecular complexity index is 1610. The van der Waals surface area contributed by atoms with Crippen LogP contribution in [-0.2, 0) is 0 Å². The van der Waals surface area contributed by atoms with Crippen molar-refractivity contribution >= 4 is 32.9 Å². The number of nitriles is 2. The van der Waals surface area contributed by atoms with Crippen molar-refractivity contribution in [3.63, 3.8) is 0 Å². The number of likely N-dealkylation sites (N-methyl/N-ethyl adjacent to an activating group) is 1. The number of aliphatic hydroxyl groups excluding tert-OH is 2. The second kappa shape index (κ2) is 12.6. The van der Waals surface area contributed by atoms with E-state index >= 15 is 0 Å². The molecule has 1 heterocycles. The van der Waals surface area contributed by atoms with Gasteiger partial charge in [0.05, 0.1) is 35.3 Å². The van der Waals surface area contributed by atoms with Crippen molar-refractivity contribution in [1.29, 1.82) is 10.5 Å². The maximum absolute atomic E-state index is 12.6. The highest BCUT2D eigenvalue weighted by Gasteiger charge is 2.49. The quantitative estimate of drug-likeness (QED) is 0.244. The summed E-state index contributed by atoms with van der Waals surface area (Å²) in [5.41, 5.74) is 2.20. The van der Waals surface area contributed by atoms with E-state index in [1.165, 1.54) is 18.9 Å². The summed E-state index contributed by atoms with van der Waals surface area (Å²) >= 11 is 0. The highest BCUT2D eigenvalue weighted by molar-refractivity contribution is 5.91. The molecule has 5 rings (SSSR count). The third-order valence-corrected chi connectivity index (χ3v) is 7.88. The zero-order valence-electron chi connectivity index (χ0n) is 23.6. The molecular formula is C32H28F6N4O2. The number of rotatable bonds is 5. The summed E-state index contributed by atoms with van der Waals surface area (Å²) in [5.74, 6) is 0. The van der Waals surface area contributed by atoms with Gasteiger partial charge in [-0.15, -0.1) is 0 Å². The summed E-state index contributed by atoms with van der Waals surface area (Å²) < 4.78 is 75.8. The minimum atomic E-state index is -4.67. The van der Waals surface area contributed by atoms with Crippen LogP contribution in [0.3, 0.4) is 0 Å². The van der Waals surface area contributed by atoms with Gasteiger partial charge in [-0.2, -0.15) is 36.9 Å². The fraction of sp³-hybridized carbons (Fsp3) is 0.312. The molecule has 1 fully saturated rings. The van der Waals surface area contributed by atoms with E-state index in [2.05, 4.69) is 12.1 Å². The predicted molar refractivity (Wildman–Crippen MR) is 155 cm³/mol. The number of nitrogens with zero attached hydrogens (tertiary/aromatic N) is 4. The van der Waals surface area contributed by atoms with E-state index in [1.807, 2.05) is 6.07 Å². The fourth-order valence-electron chi connectivity index (χ4n) is 5.13. The molecule has 12 heteroatoms. The Hall–Kier alpha value is -4.52. The Balaban J connectivity index is 0.000000201. The molecule has 0 saturated carbocycles. The third kappa shape index (κ3) is 6.67. The number of halogens is 6. The summed E-state index contributed by atoms with van der Waals surface area (Å²) in [5, 5.41) is 40.0. The Morgan fingerprint density at radius 2 is 1.36 bits per heavy atom. The molecule has 1 unspecified atom stereocenters. The van der Waals surface area contributed by atoms with Gasteiger partial charge in [0, 0.05) is 25.0 Å². The summed E-state index contributed by atoms with van der Waals surface area (Å²) in [4.78, 5) is 2.92. The molecule has 4 aromatic rings. The maximum Gasteiger partial charge on any atom is 0.416 e. The van der Waals surface area contributed by atoms with Gasteiger partial charge in [-0.25, -0.2) is 0 Å². The molecule has 0 amide bonds. The summed E-state index contributed by atoms with van der Waals surface area (Å²) in [6.07, 6.45) is -13.8. The van der Waals surface area contributed by atoms with Gasteiger partial charge in [0.2, 0.25) is 0 Å². The van der Waals surface area contributed by atoms with Gasteiger partial charge in [0.25, 0.3) is 0 Å². The lowest BCUT2D eigenvalue weighted by molar-refractivity contribution is -0.213. The van der Waals surface area contributed by atoms with E-state index in [0.717, 1.165) is 21.5 Å². The molecule has 1 saturated heterocycles. The van der Waals surface area contributed by atoms with Gasteiger partial charge in [-0.3, -0.25) is 0 Å². The van der Waals surface area contributed by atoms with Gasteiger partial charge in [0.15, 0.2) is 12.2 Å². The average molecular weight is 615 g/mol. The molecule has 1 aliphatic rings. The van der Waals surface area contributed by atoms with E-state index in [4.69, 9.17) is 10.5 Å². The van der Waals surface area contributed by atoms with Crippen LogP contribution in [0.1, 0.15) is 24.5 Å². The van der Waals surface area contributed by atoms with Gasteiger partial charge < -0.3 is 20.0 Å². The van der Waals surface area contributed by atoms with Crippen LogP contribution in [0.5, 0.6) is 0 Å². The average Bonchev–Trinajstić information content (AvgIpc) is 2.97. The van der Waals surface area contributed by atoms with Gasteiger partial charge >= 0.3 is 12.4 Å². The van der Waals surface area contributed by atoms with E-state index in [9.17, 15) is 36.6 Å². The third-order valence-electron chi connectivity index (χ3n) is 7.88. The Morgan fingerprint density at radius 1 is 0.818 bits per heavy atom. The number of anilines is 2. The SMILES string of the molecule is C[C@H]([C@@H](O)C(F)(F)F)N(C)c1ccc2c(C#N)cccc2c1.N#Cc1cccc2cc(N3CCC3[C@H](O)C(F)(F)F)ccc12. The molecule has 0 bridgehead atoms. The van der Waals surface area contributed by atoms with Crippen molar-refractivity contribution < 1.29 is 36.6 Å². The van der Waals surface area contributed by atoms with E-state index < -0.39 is 36.6 Å². The van der Waals surface area contributed by atoms with Crippen LogP contribution < -0.4 is 9.80 Å². The van der Waals surface area contributed by atoms with Crippen LogP contribution >= 0.6 is 0 Å². The molecule has 0 aromatic heterocycles. The molecule has 0 spiro atoms. The van der Waals surface area contributed by atoms with E-state index in [1.54, 1.807) is 71.6 Å².